The second-order valence-electron chi connectivity index (χ2n) is 3.52. The lowest BCUT2D eigenvalue weighted by Gasteiger charge is -2.16. The number of aliphatic carboxylic acids is 1. The number of ether oxygens (including phenoxy) is 1. The van der Waals surface area contributed by atoms with Crippen LogP contribution in [-0.4, -0.2) is 27.6 Å². The van der Waals surface area contributed by atoms with E-state index in [-0.39, 0.29) is 0 Å². The summed E-state index contributed by atoms with van der Waals surface area (Å²) in [6, 6.07) is 6.93. The number of carbonyl (C=O) groups excluding carboxylic acids is 1. The van der Waals surface area contributed by atoms with Crippen LogP contribution in [0.4, 0.5) is 4.79 Å². The highest BCUT2D eigenvalue weighted by Gasteiger charge is 2.26. The van der Waals surface area contributed by atoms with Crippen molar-refractivity contribution in [2.24, 2.45) is 0 Å². The predicted octanol–water partition coefficient (Wildman–Crippen LogP) is 2.91. The highest BCUT2D eigenvalue weighted by atomic mass is 35.6. The molecular formula is C11H10Cl3NO4. The summed E-state index contributed by atoms with van der Waals surface area (Å²) in [5.41, 5.74) is 0.404. The predicted molar refractivity (Wildman–Crippen MR) is 71.6 cm³/mol. The first-order valence-corrected chi connectivity index (χ1v) is 6.21. The van der Waals surface area contributed by atoms with Gasteiger partial charge in [0.2, 0.25) is 3.79 Å². The van der Waals surface area contributed by atoms with Gasteiger partial charge in [0, 0.05) is 0 Å². The summed E-state index contributed by atoms with van der Waals surface area (Å²) in [6.07, 6.45) is -0.984. The van der Waals surface area contributed by atoms with Crippen molar-refractivity contribution in [1.29, 1.82) is 0 Å². The minimum Gasteiger partial charge on any atom is -0.479 e. The van der Waals surface area contributed by atoms with Gasteiger partial charge in [-0.05, 0) is 5.56 Å². The first-order valence-electron chi connectivity index (χ1n) is 5.07. The number of amides is 1. The number of hydrogen-bond donors (Lipinski definition) is 2. The summed E-state index contributed by atoms with van der Waals surface area (Å²) in [4.78, 5) is 22.5. The Hall–Kier alpha value is -1.17. The molecule has 0 spiro atoms. The number of alkyl carbamates (subject to hydrolysis) is 1. The Kier molecular flexibility index (Phi) is 5.72. The lowest BCUT2D eigenvalue weighted by atomic mass is 10.1. The van der Waals surface area contributed by atoms with Crippen molar-refractivity contribution in [2.45, 2.75) is 9.83 Å². The molecule has 0 radical (unpaired) electrons. The number of halogens is 3. The smallest absolute Gasteiger partial charge is 0.408 e. The number of hydrogen-bond acceptors (Lipinski definition) is 3. The molecule has 1 aromatic carbocycles. The molecule has 8 heteroatoms. The molecule has 0 saturated heterocycles. The second-order valence-corrected chi connectivity index (χ2v) is 6.03. The van der Waals surface area contributed by atoms with E-state index in [1.807, 2.05) is 0 Å². The molecule has 0 heterocycles. The van der Waals surface area contributed by atoms with Crippen LogP contribution in [0.3, 0.4) is 0 Å². The topological polar surface area (TPSA) is 75.6 Å². The maximum atomic E-state index is 11.4. The SMILES string of the molecule is O=C(N[C@@H](C(=O)O)c1ccccc1)OCC(Cl)(Cl)Cl. The van der Waals surface area contributed by atoms with Crippen molar-refractivity contribution in [3.63, 3.8) is 0 Å². The van der Waals surface area contributed by atoms with Gasteiger partial charge in [-0.15, -0.1) is 0 Å². The van der Waals surface area contributed by atoms with Gasteiger partial charge in [-0.3, -0.25) is 0 Å². The number of alkyl halides is 3. The summed E-state index contributed by atoms with van der Waals surface area (Å²) >= 11 is 16.2. The summed E-state index contributed by atoms with van der Waals surface area (Å²) in [5.74, 6) is -1.22. The van der Waals surface area contributed by atoms with Crippen molar-refractivity contribution in [3.8, 4) is 0 Å². The number of benzene rings is 1. The zero-order chi connectivity index (χ0) is 14.5. The summed E-state index contributed by atoms with van der Waals surface area (Å²) < 4.78 is 2.85. The standard InChI is InChI=1S/C11H10Cl3NO4/c12-11(13,14)6-19-10(18)15-8(9(16)17)7-4-2-1-3-5-7/h1-5,8H,6H2,(H,15,18)(H,16,17)/t8-/m1/s1. The molecule has 1 aromatic rings. The number of carbonyl (C=O) groups is 2. The molecule has 104 valence electrons. The van der Waals surface area contributed by atoms with Gasteiger partial charge >= 0.3 is 12.1 Å². The molecule has 19 heavy (non-hydrogen) atoms. The molecule has 0 bridgehead atoms. The molecular weight excluding hydrogens is 316 g/mol. The highest BCUT2D eigenvalue weighted by molar-refractivity contribution is 6.67. The Morgan fingerprint density at radius 3 is 2.32 bits per heavy atom. The Labute approximate surface area is 124 Å². The largest absolute Gasteiger partial charge is 0.479 e. The van der Waals surface area contributed by atoms with Crippen LogP contribution in [0.15, 0.2) is 30.3 Å². The fourth-order valence-electron chi connectivity index (χ4n) is 1.24. The van der Waals surface area contributed by atoms with Crippen LogP contribution < -0.4 is 5.32 Å². The fourth-order valence-corrected chi connectivity index (χ4v) is 1.40. The van der Waals surface area contributed by atoms with Gasteiger partial charge in [0.15, 0.2) is 6.04 Å². The van der Waals surface area contributed by atoms with Crippen molar-refractivity contribution in [2.75, 3.05) is 6.61 Å². The monoisotopic (exact) mass is 325 g/mol. The maximum absolute atomic E-state index is 11.4. The van der Waals surface area contributed by atoms with Gasteiger partial charge in [-0.25, -0.2) is 9.59 Å². The average molecular weight is 327 g/mol. The third kappa shape index (κ3) is 6.00. The van der Waals surface area contributed by atoms with E-state index in [4.69, 9.17) is 39.9 Å². The quantitative estimate of drug-likeness (QED) is 0.834. The van der Waals surface area contributed by atoms with Crippen LogP contribution in [0.1, 0.15) is 11.6 Å². The van der Waals surface area contributed by atoms with Crippen molar-refractivity contribution in [1.82, 2.24) is 5.32 Å². The van der Waals surface area contributed by atoms with Crippen LogP contribution in [0.25, 0.3) is 0 Å². The number of carboxylic acids is 1. The molecule has 1 atom stereocenters. The fraction of sp³-hybridized carbons (Fsp3) is 0.273. The molecule has 1 amide bonds. The Bertz CT molecular complexity index is 447. The van der Waals surface area contributed by atoms with Crippen LogP contribution >= 0.6 is 34.8 Å². The molecule has 5 nitrogen and oxygen atoms in total. The molecule has 0 aromatic heterocycles. The van der Waals surface area contributed by atoms with E-state index in [1.165, 1.54) is 0 Å². The zero-order valence-corrected chi connectivity index (χ0v) is 11.7. The average Bonchev–Trinajstić information content (AvgIpc) is 2.33. The summed E-state index contributed by atoms with van der Waals surface area (Å²) in [6.45, 7) is -0.482. The molecule has 0 saturated carbocycles. The van der Waals surface area contributed by atoms with Crippen LogP contribution in [0.2, 0.25) is 0 Å². The van der Waals surface area contributed by atoms with E-state index >= 15 is 0 Å². The highest BCUT2D eigenvalue weighted by Crippen LogP contribution is 2.26. The molecule has 0 aliphatic rings. The third-order valence-corrected chi connectivity index (χ3v) is 2.34. The van der Waals surface area contributed by atoms with E-state index < -0.39 is 28.5 Å². The molecule has 0 aliphatic carbocycles. The Morgan fingerprint density at radius 2 is 1.84 bits per heavy atom. The van der Waals surface area contributed by atoms with Crippen LogP contribution in [0.5, 0.6) is 0 Å². The van der Waals surface area contributed by atoms with E-state index in [9.17, 15) is 9.59 Å². The summed E-state index contributed by atoms with van der Waals surface area (Å²) in [5, 5.41) is 11.2. The van der Waals surface area contributed by atoms with E-state index in [2.05, 4.69) is 10.1 Å². The third-order valence-electron chi connectivity index (χ3n) is 2.01. The maximum Gasteiger partial charge on any atom is 0.408 e. The van der Waals surface area contributed by atoms with Crippen LogP contribution in [0, 0.1) is 0 Å². The zero-order valence-electron chi connectivity index (χ0n) is 9.48. The van der Waals surface area contributed by atoms with Gasteiger partial charge in [-0.1, -0.05) is 65.1 Å². The lowest BCUT2D eigenvalue weighted by Crippen LogP contribution is -2.35. The van der Waals surface area contributed by atoms with Crippen molar-refractivity contribution in [3.05, 3.63) is 35.9 Å². The molecule has 2 N–H and O–H groups in total. The van der Waals surface area contributed by atoms with Gasteiger partial charge in [-0.2, -0.15) is 0 Å². The second kappa shape index (κ2) is 6.84. The molecule has 0 unspecified atom stereocenters. The van der Waals surface area contributed by atoms with Crippen LogP contribution in [-0.2, 0) is 9.53 Å². The number of nitrogens with one attached hydrogen (secondary N) is 1. The van der Waals surface area contributed by atoms with Gasteiger partial charge in [0.1, 0.15) is 6.61 Å². The molecule has 0 fully saturated rings. The first-order chi connectivity index (χ1) is 8.79. The first kappa shape index (κ1) is 15.9. The van der Waals surface area contributed by atoms with Gasteiger partial charge in [0.25, 0.3) is 0 Å². The lowest BCUT2D eigenvalue weighted by molar-refractivity contribution is -0.139. The summed E-state index contributed by atoms with van der Waals surface area (Å²) in [7, 11) is 0. The van der Waals surface area contributed by atoms with Gasteiger partial charge in [0.05, 0.1) is 0 Å². The Morgan fingerprint density at radius 1 is 1.26 bits per heavy atom. The molecule has 1 rings (SSSR count). The minimum atomic E-state index is -1.75. The normalized spacial score (nSPS) is 12.6. The van der Waals surface area contributed by atoms with E-state index in [0.29, 0.717) is 5.56 Å². The van der Waals surface area contributed by atoms with E-state index in [0.717, 1.165) is 0 Å². The number of carboxylic acid groups (broad SMARTS) is 1. The van der Waals surface area contributed by atoms with Crippen molar-refractivity contribution >= 4 is 46.9 Å². The molecule has 0 aliphatic heterocycles. The van der Waals surface area contributed by atoms with Crippen molar-refractivity contribution < 1.29 is 19.4 Å². The number of rotatable bonds is 4. The Balaban J connectivity index is 2.65. The van der Waals surface area contributed by atoms with E-state index in [1.54, 1.807) is 30.3 Å². The van der Waals surface area contributed by atoms with Gasteiger partial charge < -0.3 is 15.2 Å². The minimum absolute atomic E-state index is 0.404.